The summed E-state index contributed by atoms with van der Waals surface area (Å²) in [6, 6.07) is 26.1. The van der Waals surface area contributed by atoms with Crippen LogP contribution in [0.2, 0.25) is 0 Å². The summed E-state index contributed by atoms with van der Waals surface area (Å²) >= 11 is 0. The number of hydrogen-bond acceptors (Lipinski definition) is 5. The molecule has 0 saturated heterocycles. The largest absolute Gasteiger partial charge is 0.480 e. The maximum atomic E-state index is 11.2. The van der Waals surface area contributed by atoms with Crippen molar-refractivity contribution in [3.8, 4) is 11.1 Å². The first kappa shape index (κ1) is 20.7. The molecule has 2 aromatic heterocycles. The van der Waals surface area contributed by atoms with E-state index in [0.717, 1.165) is 51.0 Å². The fraction of sp³-hybridized carbons (Fsp3) is 0.148. The maximum absolute atomic E-state index is 11.2. The summed E-state index contributed by atoms with van der Waals surface area (Å²) < 4.78 is 5.87. The fourth-order valence-corrected chi connectivity index (χ4v) is 4.03. The van der Waals surface area contributed by atoms with Gasteiger partial charge in [0.1, 0.15) is 17.9 Å². The predicted octanol–water partition coefficient (Wildman–Crippen LogP) is 5.35. The summed E-state index contributed by atoms with van der Waals surface area (Å²) in [7, 11) is 1.74. The number of nitrogens with zero attached hydrogens (tertiary/aromatic N) is 3. The van der Waals surface area contributed by atoms with Crippen molar-refractivity contribution in [2.75, 3.05) is 18.5 Å². The number of anilines is 1. The first-order valence-corrected chi connectivity index (χ1v) is 10.8. The van der Waals surface area contributed by atoms with Crippen LogP contribution in [0.15, 0.2) is 83.3 Å². The number of pyridine rings is 1. The Labute approximate surface area is 191 Å². The van der Waals surface area contributed by atoms with Gasteiger partial charge in [-0.25, -0.2) is 9.97 Å². The normalized spacial score (nSPS) is 11.2. The SMILES string of the molecule is CN(CC(=O)O)c1cc(-c2ccccc2)c2cc(CCc3nc4ccccc4o3)ccc2n1. The van der Waals surface area contributed by atoms with Gasteiger partial charge in [0.2, 0.25) is 0 Å². The number of fused-ring (bicyclic) bond motifs is 2. The van der Waals surface area contributed by atoms with Crippen LogP contribution in [0.25, 0.3) is 33.1 Å². The molecular weight excluding hydrogens is 414 g/mol. The number of aromatic nitrogens is 2. The number of aliphatic carboxylic acids is 1. The second kappa shape index (κ2) is 8.74. The molecule has 0 spiro atoms. The van der Waals surface area contributed by atoms with Gasteiger partial charge in [0.05, 0.1) is 5.52 Å². The molecule has 0 aliphatic carbocycles. The molecule has 5 aromatic rings. The van der Waals surface area contributed by atoms with Gasteiger partial charge in [-0.2, -0.15) is 0 Å². The Balaban J connectivity index is 1.50. The molecule has 0 aliphatic rings. The van der Waals surface area contributed by atoms with Crippen molar-refractivity contribution in [3.63, 3.8) is 0 Å². The van der Waals surface area contributed by atoms with Crippen LogP contribution in [0, 0.1) is 0 Å². The summed E-state index contributed by atoms with van der Waals surface area (Å²) in [5, 5.41) is 10.2. The molecule has 33 heavy (non-hydrogen) atoms. The van der Waals surface area contributed by atoms with Crippen LogP contribution in [0.1, 0.15) is 11.5 Å². The Kier molecular flexibility index (Phi) is 5.48. The van der Waals surface area contributed by atoms with Gasteiger partial charge in [-0.15, -0.1) is 0 Å². The van der Waals surface area contributed by atoms with E-state index in [-0.39, 0.29) is 6.54 Å². The maximum Gasteiger partial charge on any atom is 0.323 e. The van der Waals surface area contributed by atoms with Crippen molar-refractivity contribution in [1.82, 2.24) is 9.97 Å². The minimum atomic E-state index is -0.893. The lowest BCUT2D eigenvalue weighted by atomic mass is 9.98. The van der Waals surface area contributed by atoms with Crippen LogP contribution >= 0.6 is 0 Å². The topological polar surface area (TPSA) is 79.5 Å². The van der Waals surface area contributed by atoms with Crippen molar-refractivity contribution >= 4 is 33.8 Å². The van der Waals surface area contributed by atoms with Gasteiger partial charge >= 0.3 is 5.97 Å². The Morgan fingerprint density at radius 3 is 2.48 bits per heavy atom. The lowest BCUT2D eigenvalue weighted by molar-refractivity contribution is -0.135. The second-order valence-corrected chi connectivity index (χ2v) is 8.07. The standard InChI is InChI=1S/C27H23N3O3/c1-30(17-27(31)32)25-16-20(19-7-3-2-4-8-19)21-15-18(11-13-22(21)28-25)12-14-26-29-23-9-5-6-10-24(23)33-26/h2-11,13,15-16H,12,14,17H2,1H3,(H,31,32). The number of aryl methyl sites for hydroxylation is 2. The smallest absolute Gasteiger partial charge is 0.323 e. The molecule has 6 nitrogen and oxygen atoms in total. The monoisotopic (exact) mass is 437 g/mol. The van der Waals surface area contributed by atoms with E-state index in [1.165, 1.54) is 0 Å². The van der Waals surface area contributed by atoms with E-state index in [9.17, 15) is 9.90 Å². The average molecular weight is 437 g/mol. The summed E-state index contributed by atoms with van der Waals surface area (Å²) in [5.41, 5.74) is 5.76. The van der Waals surface area contributed by atoms with Crippen molar-refractivity contribution in [3.05, 3.63) is 90.3 Å². The number of likely N-dealkylation sites (N-methyl/N-ethyl adjacent to an activating group) is 1. The molecule has 0 saturated carbocycles. The molecule has 0 amide bonds. The lowest BCUT2D eigenvalue weighted by Gasteiger charge is -2.18. The van der Waals surface area contributed by atoms with E-state index < -0.39 is 5.97 Å². The van der Waals surface area contributed by atoms with Gasteiger partial charge in [-0.3, -0.25) is 4.79 Å². The van der Waals surface area contributed by atoms with Crippen LogP contribution < -0.4 is 4.90 Å². The molecule has 1 N–H and O–H groups in total. The van der Waals surface area contributed by atoms with E-state index in [1.807, 2.05) is 54.6 Å². The second-order valence-electron chi connectivity index (χ2n) is 8.07. The highest BCUT2D eigenvalue weighted by molar-refractivity contribution is 5.96. The number of carboxylic acid groups (broad SMARTS) is 1. The number of para-hydroxylation sites is 2. The van der Waals surface area contributed by atoms with Gasteiger partial charge < -0.3 is 14.4 Å². The third-order valence-corrected chi connectivity index (χ3v) is 5.67. The number of carbonyl (C=O) groups is 1. The first-order valence-electron chi connectivity index (χ1n) is 10.8. The van der Waals surface area contributed by atoms with Crippen molar-refractivity contribution in [2.45, 2.75) is 12.8 Å². The van der Waals surface area contributed by atoms with Gasteiger partial charge in [0, 0.05) is 18.9 Å². The van der Waals surface area contributed by atoms with Crippen molar-refractivity contribution in [1.29, 1.82) is 0 Å². The number of rotatable bonds is 7. The molecular formula is C27H23N3O3. The van der Waals surface area contributed by atoms with Gasteiger partial charge in [-0.1, -0.05) is 48.5 Å². The molecule has 6 heteroatoms. The summed E-state index contributed by atoms with van der Waals surface area (Å²) in [5.74, 6) is 0.460. The Bertz CT molecular complexity index is 1410. The molecule has 164 valence electrons. The van der Waals surface area contributed by atoms with Crippen LogP contribution in [0.5, 0.6) is 0 Å². The molecule has 0 atom stereocenters. The van der Waals surface area contributed by atoms with Gasteiger partial charge in [0.25, 0.3) is 0 Å². The average Bonchev–Trinajstić information content (AvgIpc) is 3.25. The van der Waals surface area contributed by atoms with Crippen molar-refractivity contribution in [2.24, 2.45) is 0 Å². The van der Waals surface area contributed by atoms with E-state index in [0.29, 0.717) is 12.2 Å². The molecule has 0 bridgehead atoms. The number of benzene rings is 3. The molecule has 3 aromatic carbocycles. The third-order valence-electron chi connectivity index (χ3n) is 5.67. The van der Waals surface area contributed by atoms with E-state index in [1.54, 1.807) is 11.9 Å². The zero-order valence-electron chi connectivity index (χ0n) is 18.2. The summed E-state index contributed by atoms with van der Waals surface area (Å²) in [4.78, 5) is 22.2. The first-order chi connectivity index (χ1) is 16.1. The minimum Gasteiger partial charge on any atom is -0.480 e. The highest BCUT2D eigenvalue weighted by Gasteiger charge is 2.14. The molecule has 0 fully saturated rings. The molecule has 0 unspecified atom stereocenters. The fourth-order valence-electron chi connectivity index (χ4n) is 4.03. The zero-order valence-corrected chi connectivity index (χ0v) is 18.2. The Morgan fingerprint density at radius 1 is 0.909 bits per heavy atom. The Morgan fingerprint density at radius 2 is 1.70 bits per heavy atom. The van der Waals surface area contributed by atoms with E-state index >= 15 is 0 Å². The minimum absolute atomic E-state index is 0.116. The van der Waals surface area contributed by atoms with Crippen LogP contribution in [-0.2, 0) is 17.6 Å². The summed E-state index contributed by atoms with van der Waals surface area (Å²) in [6.45, 7) is -0.116. The number of hydrogen-bond donors (Lipinski definition) is 1. The number of oxazole rings is 1. The summed E-state index contributed by atoms with van der Waals surface area (Å²) in [6.07, 6.45) is 1.49. The Hall–Kier alpha value is -4.19. The van der Waals surface area contributed by atoms with E-state index in [4.69, 9.17) is 9.40 Å². The third kappa shape index (κ3) is 4.41. The molecule has 5 rings (SSSR count). The lowest BCUT2D eigenvalue weighted by Crippen LogP contribution is -2.26. The van der Waals surface area contributed by atoms with Crippen LogP contribution in [-0.4, -0.2) is 34.6 Å². The number of carboxylic acids is 1. The zero-order chi connectivity index (χ0) is 22.8. The van der Waals surface area contributed by atoms with Gasteiger partial charge in [0.15, 0.2) is 11.5 Å². The van der Waals surface area contributed by atoms with Crippen LogP contribution in [0.3, 0.4) is 0 Å². The quantitative estimate of drug-likeness (QED) is 0.370. The van der Waals surface area contributed by atoms with E-state index in [2.05, 4.69) is 29.2 Å². The predicted molar refractivity (Wildman–Crippen MR) is 130 cm³/mol. The highest BCUT2D eigenvalue weighted by atomic mass is 16.4. The molecule has 0 radical (unpaired) electrons. The van der Waals surface area contributed by atoms with Crippen molar-refractivity contribution < 1.29 is 14.3 Å². The highest BCUT2D eigenvalue weighted by Crippen LogP contribution is 2.32. The molecule has 0 aliphatic heterocycles. The van der Waals surface area contributed by atoms with Gasteiger partial charge in [-0.05, 0) is 53.4 Å². The molecule has 2 heterocycles. The van der Waals surface area contributed by atoms with Crippen LogP contribution in [0.4, 0.5) is 5.82 Å².